The van der Waals surface area contributed by atoms with Crippen molar-refractivity contribution in [3.8, 4) is 0 Å². The van der Waals surface area contributed by atoms with Crippen molar-refractivity contribution in [2.75, 3.05) is 0 Å². The van der Waals surface area contributed by atoms with Gasteiger partial charge in [0.15, 0.2) is 0 Å². The maximum atomic E-state index is 10.3. The van der Waals surface area contributed by atoms with E-state index < -0.39 is 0 Å². The molecule has 0 saturated heterocycles. The minimum Gasteiger partial charge on any atom is -0.369 e. The maximum Gasteiger partial charge on any atom is 0.221 e. The van der Waals surface area contributed by atoms with Crippen LogP contribution in [-0.2, 0) is 4.79 Å². The molecule has 0 bridgehead atoms. The second-order valence-corrected chi connectivity index (χ2v) is 2.24. The van der Waals surface area contributed by atoms with E-state index in [1.807, 2.05) is 0 Å². The zero-order valence-electron chi connectivity index (χ0n) is 6.47. The first-order valence-electron chi connectivity index (χ1n) is 3.49. The van der Waals surface area contributed by atoms with Crippen molar-refractivity contribution >= 4 is 12.0 Å². The largest absolute Gasteiger partial charge is 0.369 e. The zero-order chi connectivity index (χ0) is 8.81. The Hall–Kier alpha value is -1.71. The molecular weight excluding hydrogens is 154 g/mol. The van der Waals surface area contributed by atoms with Gasteiger partial charge in [-0.3, -0.25) is 4.79 Å². The highest BCUT2D eigenvalue weighted by molar-refractivity contribution is 5.76. The molecule has 0 aliphatic carbocycles. The third-order valence-electron chi connectivity index (χ3n) is 1.21. The molecule has 0 aromatic carbocycles. The van der Waals surface area contributed by atoms with E-state index >= 15 is 0 Å². The number of primary amides is 1. The number of carbonyl (C=O) groups excluding carboxylic acids is 1. The summed E-state index contributed by atoms with van der Waals surface area (Å²) in [5.74, 6) is -0.344. The quantitative estimate of drug-likeness (QED) is 0.699. The summed E-state index contributed by atoms with van der Waals surface area (Å²) in [6, 6.07) is 0. The van der Waals surface area contributed by atoms with Crippen molar-refractivity contribution in [1.82, 2.24) is 9.97 Å². The molecule has 4 nitrogen and oxygen atoms in total. The smallest absolute Gasteiger partial charge is 0.221 e. The number of carbonyl (C=O) groups is 1. The van der Waals surface area contributed by atoms with Crippen molar-refractivity contribution in [2.45, 2.75) is 6.42 Å². The van der Waals surface area contributed by atoms with Crippen LogP contribution in [-0.4, -0.2) is 15.9 Å². The lowest BCUT2D eigenvalue weighted by atomic mass is 10.3. The Kier molecular flexibility index (Phi) is 2.95. The van der Waals surface area contributed by atoms with Crippen LogP contribution in [0.3, 0.4) is 0 Å². The monoisotopic (exact) mass is 163 g/mol. The third-order valence-corrected chi connectivity index (χ3v) is 1.21. The van der Waals surface area contributed by atoms with Crippen LogP contribution < -0.4 is 5.73 Å². The fraction of sp³-hybridized carbons (Fsp3) is 0.125. The average Bonchev–Trinajstić information content (AvgIpc) is 2.05. The minimum absolute atomic E-state index is 0.245. The normalized spacial score (nSPS) is 10.3. The predicted octanol–water partition coefficient (Wildman–Crippen LogP) is 0.365. The first kappa shape index (κ1) is 8.39. The van der Waals surface area contributed by atoms with Gasteiger partial charge in [0.1, 0.15) is 6.33 Å². The molecule has 1 aromatic heterocycles. The van der Waals surface area contributed by atoms with E-state index in [-0.39, 0.29) is 12.3 Å². The second kappa shape index (κ2) is 4.23. The highest BCUT2D eigenvalue weighted by Crippen LogP contribution is 1.96. The van der Waals surface area contributed by atoms with Crippen LogP contribution in [0.25, 0.3) is 6.08 Å². The lowest BCUT2D eigenvalue weighted by molar-refractivity contribution is -0.117. The van der Waals surface area contributed by atoms with E-state index in [9.17, 15) is 4.79 Å². The summed E-state index contributed by atoms with van der Waals surface area (Å²) in [6.45, 7) is 0. The summed E-state index contributed by atoms with van der Waals surface area (Å²) in [5, 5.41) is 0. The van der Waals surface area contributed by atoms with Gasteiger partial charge in [0.05, 0.1) is 0 Å². The van der Waals surface area contributed by atoms with Gasteiger partial charge in [-0.15, -0.1) is 0 Å². The summed E-state index contributed by atoms with van der Waals surface area (Å²) in [6.07, 6.45) is 8.45. The van der Waals surface area contributed by atoms with Crippen molar-refractivity contribution in [2.24, 2.45) is 5.73 Å². The molecule has 0 aliphatic heterocycles. The molecule has 1 heterocycles. The lowest BCUT2D eigenvalue weighted by Crippen LogP contribution is -2.07. The summed E-state index contributed by atoms with van der Waals surface area (Å²) in [7, 11) is 0. The number of aromatic nitrogens is 2. The highest BCUT2D eigenvalue weighted by Gasteiger charge is 1.87. The number of nitrogens with zero attached hydrogens (tertiary/aromatic N) is 2. The molecule has 0 fully saturated rings. The number of hydrogen-bond acceptors (Lipinski definition) is 3. The Balaban J connectivity index is 2.52. The van der Waals surface area contributed by atoms with E-state index in [0.29, 0.717) is 0 Å². The first-order chi connectivity index (χ1) is 5.79. The Bertz CT molecular complexity index is 282. The Morgan fingerprint density at radius 3 is 2.75 bits per heavy atom. The molecule has 4 heteroatoms. The number of hydrogen-bond donors (Lipinski definition) is 1. The first-order valence-corrected chi connectivity index (χ1v) is 3.49. The summed E-state index contributed by atoms with van der Waals surface area (Å²) in [5.41, 5.74) is 5.80. The second-order valence-electron chi connectivity index (χ2n) is 2.24. The molecule has 1 aromatic rings. The molecule has 0 saturated carbocycles. The number of rotatable bonds is 3. The van der Waals surface area contributed by atoms with Gasteiger partial charge in [-0.05, 0) is 0 Å². The SMILES string of the molecule is NC(=O)CC=Cc1cncnc1. The molecule has 0 unspecified atom stereocenters. The molecule has 12 heavy (non-hydrogen) atoms. The molecular formula is C8H9N3O. The Labute approximate surface area is 70.1 Å². The van der Waals surface area contributed by atoms with Crippen molar-refractivity contribution < 1.29 is 4.79 Å². The van der Waals surface area contributed by atoms with Crippen LogP contribution in [0.2, 0.25) is 0 Å². The number of amides is 1. The number of nitrogens with two attached hydrogens (primary N) is 1. The Morgan fingerprint density at radius 1 is 1.50 bits per heavy atom. The summed E-state index contributed by atoms with van der Waals surface area (Å²) < 4.78 is 0. The lowest BCUT2D eigenvalue weighted by Gasteiger charge is -1.88. The van der Waals surface area contributed by atoms with Crippen LogP contribution >= 0.6 is 0 Å². The van der Waals surface area contributed by atoms with Crippen molar-refractivity contribution in [3.63, 3.8) is 0 Å². The Morgan fingerprint density at radius 2 is 2.17 bits per heavy atom. The van der Waals surface area contributed by atoms with Crippen LogP contribution in [0.5, 0.6) is 0 Å². The molecule has 1 amide bonds. The third kappa shape index (κ3) is 2.92. The fourth-order valence-electron chi connectivity index (χ4n) is 0.708. The van der Waals surface area contributed by atoms with Gasteiger partial charge in [0.2, 0.25) is 5.91 Å². The molecule has 0 radical (unpaired) electrons. The van der Waals surface area contributed by atoms with Gasteiger partial charge in [-0.1, -0.05) is 12.2 Å². The standard InChI is InChI=1S/C8H9N3O/c9-8(12)3-1-2-7-4-10-6-11-5-7/h1-2,4-6H,3H2,(H2,9,12). The van der Waals surface area contributed by atoms with Crippen LogP contribution in [0.15, 0.2) is 24.8 Å². The molecule has 0 aliphatic rings. The van der Waals surface area contributed by atoms with Gasteiger partial charge in [-0.2, -0.15) is 0 Å². The minimum atomic E-state index is -0.344. The highest BCUT2D eigenvalue weighted by atomic mass is 16.1. The molecule has 0 spiro atoms. The van der Waals surface area contributed by atoms with Crippen LogP contribution in [0.1, 0.15) is 12.0 Å². The van der Waals surface area contributed by atoms with Crippen LogP contribution in [0, 0.1) is 0 Å². The zero-order valence-corrected chi connectivity index (χ0v) is 6.47. The predicted molar refractivity (Wildman–Crippen MR) is 44.9 cm³/mol. The van der Waals surface area contributed by atoms with Crippen LogP contribution in [0.4, 0.5) is 0 Å². The van der Waals surface area contributed by atoms with Gasteiger partial charge < -0.3 is 5.73 Å². The average molecular weight is 163 g/mol. The molecule has 2 N–H and O–H groups in total. The molecule has 62 valence electrons. The molecule has 1 rings (SSSR count). The summed E-state index contributed by atoms with van der Waals surface area (Å²) in [4.78, 5) is 17.9. The van der Waals surface area contributed by atoms with Gasteiger partial charge in [0, 0.05) is 24.4 Å². The van der Waals surface area contributed by atoms with Gasteiger partial charge in [0.25, 0.3) is 0 Å². The van der Waals surface area contributed by atoms with E-state index in [1.165, 1.54) is 6.33 Å². The van der Waals surface area contributed by atoms with Gasteiger partial charge >= 0.3 is 0 Å². The molecule has 0 atom stereocenters. The van der Waals surface area contributed by atoms with Gasteiger partial charge in [-0.25, -0.2) is 9.97 Å². The van der Waals surface area contributed by atoms with Crippen molar-refractivity contribution in [1.29, 1.82) is 0 Å². The van der Waals surface area contributed by atoms with Crippen molar-refractivity contribution in [3.05, 3.63) is 30.4 Å². The topological polar surface area (TPSA) is 68.9 Å². The fourth-order valence-corrected chi connectivity index (χ4v) is 0.708. The maximum absolute atomic E-state index is 10.3. The van der Waals surface area contributed by atoms with E-state index in [4.69, 9.17) is 5.73 Å². The van der Waals surface area contributed by atoms with E-state index in [1.54, 1.807) is 24.5 Å². The summed E-state index contributed by atoms with van der Waals surface area (Å²) >= 11 is 0. The van der Waals surface area contributed by atoms with E-state index in [2.05, 4.69) is 9.97 Å². The van der Waals surface area contributed by atoms with E-state index in [0.717, 1.165) is 5.56 Å².